The van der Waals surface area contributed by atoms with Gasteiger partial charge in [0.1, 0.15) is 0 Å². The minimum Gasteiger partial charge on any atom is -0.394 e. The Bertz CT molecular complexity index is 430. The van der Waals surface area contributed by atoms with Crippen molar-refractivity contribution in [1.29, 1.82) is 0 Å². The van der Waals surface area contributed by atoms with Crippen LogP contribution in [-0.4, -0.2) is 29.0 Å². The van der Waals surface area contributed by atoms with Crippen LogP contribution in [0.2, 0.25) is 0 Å². The molecular formula is C15H23F2NOS. The molecule has 1 aromatic rings. The standard InChI is InChI=1S/C15H23F2NOS/c1-4-7-18-15(3,10-19)9-11(2)20-12-5-6-13(16)14(17)8-12/h5-6,8,11,18-19H,4,7,9-10H2,1-3H3. The molecule has 0 amide bonds. The van der Waals surface area contributed by atoms with Gasteiger partial charge >= 0.3 is 0 Å². The molecule has 2 atom stereocenters. The van der Waals surface area contributed by atoms with Crippen LogP contribution in [0.1, 0.15) is 33.6 Å². The van der Waals surface area contributed by atoms with Crippen LogP contribution in [0.25, 0.3) is 0 Å². The van der Waals surface area contributed by atoms with Gasteiger partial charge in [-0.2, -0.15) is 0 Å². The molecule has 1 rings (SSSR count). The Morgan fingerprint density at radius 2 is 2.05 bits per heavy atom. The van der Waals surface area contributed by atoms with Crippen molar-refractivity contribution < 1.29 is 13.9 Å². The normalized spacial score (nSPS) is 15.9. The van der Waals surface area contributed by atoms with Gasteiger partial charge in [0.25, 0.3) is 0 Å². The topological polar surface area (TPSA) is 32.3 Å². The first-order valence-electron chi connectivity index (χ1n) is 6.88. The Labute approximate surface area is 124 Å². The van der Waals surface area contributed by atoms with Crippen LogP contribution >= 0.6 is 11.8 Å². The Morgan fingerprint density at radius 3 is 2.60 bits per heavy atom. The fourth-order valence-corrected chi connectivity index (χ4v) is 3.31. The third kappa shape index (κ3) is 5.38. The monoisotopic (exact) mass is 303 g/mol. The third-order valence-corrected chi connectivity index (χ3v) is 4.21. The van der Waals surface area contributed by atoms with E-state index < -0.39 is 11.6 Å². The summed E-state index contributed by atoms with van der Waals surface area (Å²) in [5, 5.41) is 13.0. The summed E-state index contributed by atoms with van der Waals surface area (Å²) in [6.07, 6.45) is 1.74. The highest BCUT2D eigenvalue weighted by Gasteiger charge is 2.25. The molecule has 5 heteroatoms. The Hall–Kier alpha value is -0.650. The van der Waals surface area contributed by atoms with Gasteiger partial charge in [-0.3, -0.25) is 0 Å². The molecule has 2 N–H and O–H groups in total. The fourth-order valence-electron chi connectivity index (χ4n) is 2.08. The zero-order chi connectivity index (χ0) is 15.2. The lowest BCUT2D eigenvalue weighted by atomic mass is 9.97. The summed E-state index contributed by atoms with van der Waals surface area (Å²) in [6.45, 7) is 6.97. The molecule has 0 aliphatic carbocycles. The van der Waals surface area contributed by atoms with Gasteiger partial charge in [-0.1, -0.05) is 13.8 Å². The van der Waals surface area contributed by atoms with E-state index in [1.54, 1.807) is 6.07 Å². The van der Waals surface area contributed by atoms with Gasteiger partial charge in [-0.25, -0.2) is 8.78 Å². The number of aliphatic hydroxyl groups excluding tert-OH is 1. The smallest absolute Gasteiger partial charge is 0.159 e. The van der Waals surface area contributed by atoms with Gasteiger partial charge in [-0.15, -0.1) is 11.8 Å². The molecule has 1 aromatic carbocycles. The van der Waals surface area contributed by atoms with Crippen LogP contribution in [-0.2, 0) is 0 Å². The van der Waals surface area contributed by atoms with Gasteiger partial charge < -0.3 is 10.4 Å². The summed E-state index contributed by atoms with van der Waals surface area (Å²) in [7, 11) is 0. The zero-order valence-electron chi connectivity index (χ0n) is 12.2. The number of benzene rings is 1. The van der Waals surface area contributed by atoms with Crippen molar-refractivity contribution in [3.8, 4) is 0 Å². The molecule has 0 aliphatic heterocycles. The molecule has 0 aliphatic rings. The van der Waals surface area contributed by atoms with E-state index in [9.17, 15) is 13.9 Å². The lowest BCUT2D eigenvalue weighted by Crippen LogP contribution is -2.47. The number of hydrogen-bond acceptors (Lipinski definition) is 3. The minimum atomic E-state index is -0.827. The largest absolute Gasteiger partial charge is 0.394 e. The van der Waals surface area contributed by atoms with Crippen molar-refractivity contribution >= 4 is 11.8 Å². The lowest BCUT2D eigenvalue weighted by molar-refractivity contribution is 0.166. The summed E-state index contributed by atoms with van der Waals surface area (Å²) in [4.78, 5) is 0.701. The molecule has 0 saturated carbocycles. The van der Waals surface area contributed by atoms with Crippen molar-refractivity contribution in [3.05, 3.63) is 29.8 Å². The van der Waals surface area contributed by atoms with Gasteiger partial charge in [-0.05, 0) is 44.5 Å². The number of aliphatic hydroxyl groups is 1. The van der Waals surface area contributed by atoms with Crippen LogP contribution in [0.15, 0.2) is 23.1 Å². The number of hydrogen-bond donors (Lipinski definition) is 2. The van der Waals surface area contributed by atoms with Gasteiger partial charge in [0, 0.05) is 15.7 Å². The van der Waals surface area contributed by atoms with E-state index in [1.807, 2.05) is 13.8 Å². The Morgan fingerprint density at radius 1 is 1.35 bits per heavy atom. The van der Waals surface area contributed by atoms with Crippen LogP contribution in [0, 0.1) is 11.6 Å². The van der Waals surface area contributed by atoms with Crippen LogP contribution in [0.3, 0.4) is 0 Å². The number of thioether (sulfide) groups is 1. The predicted octanol–water partition coefficient (Wildman–Crippen LogP) is 3.59. The quantitative estimate of drug-likeness (QED) is 0.720. The van der Waals surface area contributed by atoms with Crippen molar-refractivity contribution in [1.82, 2.24) is 5.32 Å². The van der Waals surface area contributed by atoms with Crippen molar-refractivity contribution in [2.24, 2.45) is 0 Å². The van der Waals surface area contributed by atoms with Crippen LogP contribution in [0.4, 0.5) is 8.78 Å². The van der Waals surface area contributed by atoms with E-state index in [4.69, 9.17) is 0 Å². The number of nitrogens with one attached hydrogen (secondary N) is 1. The molecule has 2 unspecified atom stereocenters. The molecule has 0 heterocycles. The summed E-state index contributed by atoms with van der Waals surface area (Å²) < 4.78 is 26.0. The minimum absolute atomic E-state index is 0.0513. The van der Waals surface area contributed by atoms with E-state index in [0.717, 1.165) is 25.5 Å². The summed E-state index contributed by atoms with van der Waals surface area (Å²) in [6, 6.07) is 3.94. The number of rotatable bonds is 8. The molecule has 0 saturated heterocycles. The maximum Gasteiger partial charge on any atom is 0.159 e. The number of halogens is 2. The Balaban J connectivity index is 2.61. The fraction of sp³-hybridized carbons (Fsp3) is 0.600. The van der Waals surface area contributed by atoms with E-state index in [-0.39, 0.29) is 17.4 Å². The maximum absolute atomic E-state index is 13.2. The van der Waals surface area contributed by atoms with Crippen molar-refractivity contribution in [3.63, 3.8) is 0 Å². The van der Waals surface area contributed by atoms with Gasteiger partial charge in [0.15, 0.2) is 11.6 Å². The molecule has 0 fully saturated rings. The highest BCUT2D eigenvalue weighted by Crippen LogP contribution is 2.29. The molecule has 0 spiro atoms. The molecule has 20 heavy (non-hydrogen) atoms. The molecule has 114 valence electrons. The maximum atomic E-state index is 13.2. The average molecular weight is 303 g/mol. The van der Waals surface area contributed by atoms with Crippen molar-refractivity contribution in [2.45, 2.75) is 49.3 Å². The molecule has 0 bridgehead atoms. The van der Waals surface area contributed by atoms with Gasteiger partial charge in [0.05, 0.1) is 6.61 Å². The zero-order valence-corrected chi connectivity index (χ0v) is 13.1. The average Bonchev–Trinajstić information content (AvgIpc) is 2.40. The SMILES string of the molecule is CCCNC(C)(CO)CC(C)Sc1ccc(F)c(F)c1. The second-order valence-electron chi connectivity index (χ2n) is 5.35. The first kappa shape index (κ1) is 17.4. The first-order valence-corrected chi connectivity index (χ1v) is 7.76. The molecule has 2 nitrogen and oxygen atoms in total. The molecule has 0 radical (unpaired) electrons. The summed E-state index contributed by atoms with van der Waals surface area (Å²) >= 11 is 1.48. The molecular weight excluding hydrogens is 280 g/mol. The lowest BCUT2D eigenvalue weighted by Gasteiger charge is -2.31. The van der Waals surface area contributed by atoms with Gasteiger partial charge in [0.2, 0.25) is 0 Å². The van der Waals surface area contributed by atoms with Crippen LogP contribution in [0.5, 0.6) is 0 Å². The van der Waals surface area contributed by atoms with E-state index in [2.05, 4.69) is 12.2 Å². The second-order valence-corrected chi connectivity index (χ2v) is 6.87. The highest BCUT2D eigenvalue weighted by atomic mass is 32.2. The van der Waals surface area contributed by atoms with Crippen molar-refractivity contribution in [2.75, 3.05) is 13.2 Å². The van der Waals surface area contributed by atoms with E-state index in [1.165, 1.54) is 17.8 Å². The van der Waals surface area contributed by atoms with E-state index in [0.29, 0.717) is 4.90 Å². The Kier molecular flexibility index (Phi) is 6.92. The van der Waals surface area contributed by atoms with E-state index >= 15 is 0 Å². The first-order chi connectivity index (χ1) is 9.40. The third-order valence-electron chi connectivity index (χ3n) is 3.12. The van der Waals surface area contributed by atoms with Crippen LogP contribution < -0.4 is 5.32 Å². The highest BCUT2D eigenvalue weighted by molar-refractivity contribution is 7.99. The summed E-state index contributed by atoms with van der Waals surface area (Å²) in [5.74, 6) is -1.65. The second kappa shape index (κ2) is 7.96. The summed E-state index contributed by atoms with van der Waals surface area (Å²) in [5.41, 5.74) is -0.346. The molecule has 0 aromatic heterocycles. The predicted molar refractivity (Wildman–Crippen MR) is 80.1 cm³/mol.